The van der Waals surface area contributed by atoms with Crippen molar-refractivity contribution < 1.29 is 28.6 Å². The summed E-state index contributed by atoms with van der Waals surface area (Å²) in [5, 5.41) is 0. The van der Waals surface area contributed by atoms with Crippen molar-refractivity contribution in [2.45, 2.75) is 335 Å². The number of carbonyl (C=O) groups is 3. The van der Waals surface area contributed by atoms with Crippen molar-refractivity contribution in [1.29, 1.82) is 0 Å². The van der Waals surface area contributed by atoms with Crippen molar-refractivity contribution in [1.82, 2.24) is 0 Å². The van der Waals surface area contributed by atoms with E-state index in [2.05, 4.69) is 106 Å². The fourth-order valence-corrected chi connectivity index (χ4v) is 9.33. The van der Waals surface area contributed by atoms with Crippen LogP contribution in [0.2, 0.25) is 0 Å². The molecule has 0 aromatic heterocycles. The maximum Gasteiger partial charge on any atom is 0.306 e. The van der Waals surface area contributed by atoms with Crippen LogP contribution in [0.1, 0.15) is 329 Å². The molecular formula is C71H124O6. The van der Waals surface area contributed by atoms with Gasteiger partial charge in [-0.15, -0.1) is 0 Å². The second-order valence-electron chi connectivity index (χ2n) is 22.0. The molecule has 0 aromatic rings. The van der Waals surface area contributed by atoms with E-state index in [1.54, 1.807) is 0 Å². The second-order valence-corrected chi connectivity index (χ2v) is 22.0. The SMILES string of the molecule is CCCCCC/C=C\C/C=C\CCCCCCCC(=O)OCC(COC(=O)CCCCCCCCCCCCCC/C=C\C/C=C\C/C=C\CCCCCCC)OC(=O)CCCCCCC/C=C\C/C=C\CCCCCC. The van der Waals surface area contributed by atoms with Gasteiger partial charge in [0.05, 0.1) is 0 Å². The van der Waals surface area contributed by atoms with Gasteiger partial charge in [-0.25, -0.2) is 0 Å². The molecule has 0 bridgehead atoms. The Morgan fingerprint density at radius 1 is 0.260 bits per heavy atom. The molecule has 0 aromatic carbocycles. The molecule has 1 unspecified atom stereocenters. The zero-order valence-electron chi connectivity index (χ0n) is 51.0. The first-order chi connectivity index (χ1) is 38.0. The molecule has 6 nitrogen and oxygen atoms in total. The lowest BCUT2D eigenvalue weighted by Crippen LogP contribution is -2.30. The van der Waals surface area contributed by atoms with Crippen LogP contribution < -0.4 is 0 Å². The second kappa shape index (κ2) is 65.1. The van der Waals surface area contributed by atoms with Crippen molar-refractivity contribution in [3.05, 3.63) is 85.1 Å². The molecule has 1 atom stereocenters. The lowest BCUT2D eigenvalue weighted by atomic mass is 10.0. The number of hydrogen-bond acceptors (Lipinski definition) is 6. The van der Waals surface area contributed by atoms with Gasteiger partial charge in [-0.3, -0.25) is 14.4 Å². The minimum Gasteiger partial charge on any atom is -0.462 e. The summed E-state index contributed by atoms with van der Waals surface area (Å²) in [5.74, 6) is -0.904. The van der Waals surface area contributed by atoms with Gasteiger partial charge in [0, 0.05) is 19.3 Å². The Balaban J connectivity index is 4.33. The Bertz CT molecular complexity index is 1470. The van der Waals surface area contributed by atoms with E-state index < -0.39 is 6.10 Å². The Hall–Kier alpha value is -3.41. The minimum atomic E-state index is -0.792. The largest absolute Gasteiger partial charge is 0.462 e. The van der Waals surface area contributed by atoms with Gasteiger partial charge in [0.1, 0.15) is 13.2 Å². The van der Waals surface area contributed by atoms with Crippen LogP contribution in [0, 0.1) is 0 Å². The number of unbranched alkanes of at least 4 members (excludes halogenated alkanes) is 35. The topological polar surface area (TPSA) is 78.9 Å². The zero-order chi connectivity index (χ0) is 55.7. The van der Waals surface area contributed by atoms with Crippen molar-refractivity contribution in [2.24, 2.45) is 0 Å². The molecule has 0 saturated heterocycles. The fraction of sp³-hybridized carbons (Fsp3) is 0.761. The molecule has 0 amide bonds. The maximum absolute atomic E-state index is 12.9. The van der Waals surface area contributed by atoms with E-state index in [-0.39, 0.29) is 31.1 Å². The minimum absolute atomic E-state index is 0.0867. The molecule has 444 valence electrons. The molecule has 77 heavy (non-hydrogen) atoms. The van der Waals surface area contributed by atoms with Crippen LogP contribution in [0.5, 0.6) is 0 Å². The summed E-state index contributed by atoms with van der Waals surface area (Å²) in [7, 11) is 0. The van der Waals surface area contributed by atoms with Gasteiger partial charge < -0.3 is 14.2 Å². The van der Waals surface area contributed by atoms with Crippen LogP contribution in [-0.4, -0.2) is 37.2 Å². The molecule has 0 spiro atoms. The summed E-state index contributed by atoms with van der Waals surface area (Å²) in [6.45, 7) is 6.60. The van der Waals surface area contributed by atoms with Gasteiger partial charge >= 0.3 is 17.9 Å². The summed E-state index contributed by atoms with van der Waals surface area (Å²) in [6, 6.07) is 0. The smallest absolute Gasteiger partial charge is 0.306 e. The lowest BCUT2D eigenvalue weighted by molar-refractivity contribution is -0.167. The molecule has 0 aliphatic rings. The van der Waals surface area contributed by atoms with E-state index in [0.29, 0.717) is 19.3 Å². The average Bonchev–Trinajstić information content (AvgIpc) is 3.43. The van der Waals surface area contributed by atoms with Crippen molar-refractivity contribution in [3.8, 4) is 0 Å². The van der Waals surface area contributed by atoms with Gasteiger partial charge in [-0.2, -0.15) is 0 Å². The van der Waals surface area contributed by atoms with Crippen molar-refractivity contribution in [2.75, 3.05) is 13.2 Å². The average molecular weight is 1070 g/mol. The van der Waals surface area contributed by atoms with E-state index >= 15 is 0 Å². The number of rotatable bonds is 60. The number of ether oxygens (including phenoxy) is 3. The van der Waals surface area contributed by atoms with Crippen LogP contribution in [0.4, 0.5) is 0 Å². The molecule has 0 saturated carbocycles. The summed E-state index contributed by atoms with van der Waals surface area (Å²) < 4.78 is 16.9. The number of esters is 3. The molecule has 0 fully saturated rings. The predicted octanol–water partition coefficient (Wildman–Crippen LogP) is 22.7. The monoisotopic (exact) mass is 1070 g/mol. The van der Waals surface area contributed by atoms with Crippen LogP contribution >= 0.6 is 0 Å². The highest BCUT2D eigenvalue weighted by Gasteiger charge is 2.19. The highest BCUT2D eigenvalue weighted by molar-refractivity contribution is 5.71. The number of hydrogen-bond donors (Lipinski definition) is 0. The van der Waals surface area contributed by atoms with E-state index in [4.69, 9.17) is 14.2 Å². The van der Waals surface area contributed by atoms with Gasteiger partial charge in [0.15, 0.2) is 6.10 Å². The Morgan fingerprint density at radius 2 is 0.468 bits per heavy atom. The van der Waals surface area contributed by atoms with Gasteiger partial charge in [0.25, 0.3) is 0 Å². The molecule has 0 rings (SSSR count). The fourth-order valence-electron chi connectivity index (χ4n) is 9.33. The zero-order valence-corrected chi connectivity index (χ0v) is 51.0. The van der Waals surface area contributed by atoms with Gasteiger partial charge in [-0.1, -0.05) is 273 Å². The summed E-state index contributed by atoms with van der Waals surface area (Å²) in [5.41, 5.74) is 0. The highest BCUT2D eigenvalue weighted by Crippen LogP contribution is 2.16. The highest BCUT2D eigenvalue weighted by atomic mass is 16.6. The van der Waals surface area contributed by atoms with E-state index in [9.17, 15) is 14.4 Å². The van der Waals surface area contributed by atoms with E-state index in [1.807, 2.05) is 0 Å². The third-order valence-corrected chi connectivity index (χ3v) is 14.3. The van der Waals surface area contributed by atoms with Crippen LogP contribution in [0.15, 0.2) is 85.1 Å². The van der Waals surface area contributed by atoms with Gasteiger partial charge in [-0.05, 0) is 122 Å². The van der Waals surface area contributed by atoms with E-state index in [1.165, 1.54) is 173 Å². The molecule has 6 heteroatoms. The quantitative estimate of drug-likeness (QED) is 0.0261. The van der Waals surface area contributed by atoms with Crippen molar-refractivity contribution >= 4 is 17.9 Å². The first-order valence-electron chi connectivity index (χ1n) is 33.1. The molecule has 0 radical (unpaired) electrons. The molecule has 0 heterocycles. The van der Waals surface area contributed by atoms with Gasteiger partial charge in [0.2, 0.25) is 0 Å². The van der Waals surface area contributed by atoms with Crippen LogP contribution in [0.25, 0.3) is 0 Å². The molecular weight excluding hydrogens is 949 g/mol. The standard InChI is InChI=1S/C71H124O6/c1-4-7-10-13-16-19-22-25-28-31-32-33-34-35-36-37-38-39-40-41-44-46-49-52-55-58-61-64-70(73)76-67-68(77-71(74)65-62-59-56-53-50-47-43-30-27-24-21-18-15-12-9-6-3)66-75-69(72)63-60-57-54-51-48-45-42-29-26-23-20-17-14-11-8-5-2/h20-25,29-32,34-35,42-43,68H,4-19,26-28,33,36-41,44-67H2,1-3H3/b23-20-,24-21-,25-22-,32-31-,35-34-,42-29-,43-30-. The summed E-state index contributed by atoms with van der Waals surface area (Å²) >= 11 is 0. The molecule has 0 aliphatic carbocycles. The Kier molecular flexibility index (Phi) is 62.2. The Labute approximate surface area is 477 Å². The molecule has 0 N–H and O–H groups in total. The summed E-state index contributed by atoms with van der Waals surface area (Å²) in [4.78, 5) is 38.3. The third-order valence-electron chi connectivity index (χ3n) is 14.3. The molecule has 0 aliphatic heterocycles. The van der Waals surface area contributed by atoms with E-state index in [0.717, 1.165) is 116 Å². The van der Waals surface area contributed by atoms with Crippen molar-refractivity contribution in [3.63, 3.8) is 0 Å². The first-order valence-corrected chi connectivity index (χ1v) is 33.1. The maximum atomic E-state index is 12.9. The Morgan fingerprint density at radius 3 is 0.740 bits per heavy atom. The number of carbonyl (C=O) groups excluding carboxylic acids is 3. The normalized spacial score (nSPS) is 12.6. The number of allylic oxidation sites excluding steroid dienone is 14. The third kappa shape index (κ3) is 63.3. The first kappa shape index (κ1) is 73.6. The summed E-state index contributed by atoms with van der Waals surface area (Å²) in [6.07, 6.45) is 85.9. The lowest BCUT2D eigenvalue weighted by Gasteiger charge is -2.18. The van der Waals surface area contributed by atoms with Crippen LogP contribution in [-0.2, 0) is 28.6 Å². The predicted molar refractivity (Wildman–Crippen MR) is 334 cm³/mol. The van der Waals surface area contributed by atoms with Crippen LogP contribution in [0.3, 0.4) is 0 Å².